The summed E-state index contributed by atoms with van der Waals surface area (Å²) >= 11 is 0. The number of alkyl halides is 3. The Morgan fingerprint density at radius 3 is 2.62 bits per heavy atom. The number of halogens is 3. The number of carbonyl (C=O) groups excluding carboxylic acids is 1. The van der Waals surface area contributed by atoms with Gasteiger partial charge in [-0.05, 0) is 6.42 Å². The van der Waals surface area contributed by atoms with Crippen molar-refractivity contribution in [3.63, 3.8) is 0 Å². The van der Waals surface area contributed by atoms with E-state index in [1.807, 2.05) is 0 Å². The highest BCUT2D eigenvalue weighted by Gasteiger charge is 2.50. The van der Waals surface area contributed by atoms with Gasteiger partial charge in [0.15, 0.2) is 0 Å². The molecule has 92 valence electrons. The fourth-order valence-electron chi connectivity index (χ4n) is 2.46. The highest BCUT2D eigenvalue weighted by atomic mass is 19.4. The smallest absolute Gasteiger partial charge is 0.381 e. The summed E-state index contributed by atoms with van der Waals surface area (Å²) in [6.45, 7) is 0.689. The van der Waals surface area contributed by atoms with Gasteiger partial charge in [0.25, 0.3) is 0 Å². The lowest BCUT2D eigenvalue weighted by molar-refractivity contribution is -0.194. The first kappa shape index (κ1) is 11.9. The van der Waals surface area contributed by atoms with Gasteiger partial charge < -0.3 is 4.74 Å². The molecule has 0 bridgehead atoms. The van der Waals surface area contributed by atoms with Crippen molar-refractivity contribution in [1.82, 2.24) is 4.90 Å². The van der Waals surface area contributed by atoms with E-state index in [0.29, 0.717) is 13.0 Å². The van der Waals surface area contributed by atoms with E-state index < -0.39 is 18.1 Å². The first-order valence-electron chi connectivity index (χ1n) is 5.38. The Bertz CT molecular complexity index is 274. The van der Waals surface area contributed by atoms with E-state index in [1.165, 1.54) is 4.90 Å². The number of ether oxygens (including phenoxy) is 1. The van der Waals surface area contributed by atoms with E-state index in [4.69, 9.17) is 4.74 Å². The second-order valence-corrected chi connectivity index (χ2v) is 4.37. The number of Topliss-reactive ketones (excluding diaryl/α,β-unsaturated/α-hetero) is 1. The molecular weight excluding hydrogens is 223 g/mol. The molecule has 2 fully saturated rings. The summed E-state index contributed by atoms with van der Waals surface area (Å²) in [5.41, 5.74) is 0. The fourth-order valence-corrected chi connectivity index (χ4v) is 2.46. The van der Waals surface area contributed by atoms with Crippen molar-refractivity contribution in [3.05, 3.63) is 0 Å². The monoisotopic (exact) mass is 237 g/mol. The molecule has 2 heterocycles. The molecule has 3 nitrogen and oxygen atoms in total. The van der Waals surface area contributed by atoms with E-state index in [2.05, 4.69) is 0 Å². The molecule has 0 aromatic heterocycles. The van der Waals surface area contributed by atoms with Gasteiger partial charge in [-0.3, -0.25) is 9.69 Å². The van der Waals surface area contributed by atoms with Crippen LogP contribution in [-0.2, 0) is 9.53 Å². The predicted molar refractivity (Wildman–Crippen MR) is 50.0 cm³/mol. The van der Waals surface area contributed by atoms with Crippen molar-refractivity contribution in [2.24, 2.45) is 5.92 Å². The van der Waals surface area contributed by atoms with Crippen LogP contribution < -0.4 is 0 Å². The lowest BCUT2D eigenvalue weighted by atomic mass is 9.97. The van der Waals surface area contributed by atoms with Crippen LogP contribution in [0.5, 0.6) is 0 Å². The third kappa shape index (κ3) is 2.38. The Balaban J connectivity index is 2.11. The SMILES string of the molecule is O=C1CCN(C(C2CCOC2)C(F)(F)F)C1. The molecule has 0 aliphatic carbocycles. The molecule has 2 rings (SSSR count). The third-order valence-corrected chi connectivity index (χ3v) is 3.20. The van der Waals surface area contributed by atoms with Gasteiger partial charge in [0.1, 0.15) is 11.8 Å². The van der Waals surface area contributed by atoms with Crippen LogP contribution in [0.25, 0.3) is 0 Å². The number of ketones is 1. The van der Waals surface area contributed by atoms with Crippen molar-refractivity contribution < 1.29 is 22.7 Å². The molecule has 16 heavy (non-hydrogen) atoms. The average Bonchev–Trinajstić information content (AvgIpc) is 2.76. The fraction of sp³-hybridized carbons (Fsp3) is 0.900. The minimum absolute atomic E-state index is 0.0688. The van der Waals surface area contributed by atoms with E-state index >= 15 is 0 Å². The summed E-state index contributed by atoms with van der Waals surface area (Å²) in [6.07, 6.45) is -3.61. The summed E-state index contributed by atoms with van der Waals surface area (Å²) in [7, 11) is 0. The topological polar surface area (TPSA) is 29.5 Å². The van der Waals surface area contributed by atoms with Crippen LogP contribution in [0, 0.1) is 5.92 Å². The Kier molecular flexibility index (Phi) is 3.21. The van der Waals surface area contributed by atoms with Crippen molar-refractivity contribution in [2.45, 2.75) is 25.1 Å². The summed E-state index contributed by atoms with van der Waals surface area (Å²) in [5.74, 6) is -0.626. The zero-order valence-electron chi connectivity index (χ0n) is 8.79. The third-order valence-electron chi connectivity index (χ3n) is 3.20. The van der Waals surface area contributed by atoms with Gasteiger partial charge >= 0.3 is 6.18 Å². The second-order valence-electron chi connectivity index (χ2n) is 4.37. The van der Waals surface area contributed by atoms with E-state index in [9.17, 15) is 18.0 Å². The molecular formula is C10H14F3NO2. The zero-order chi connectivity index (χ0) is 11.8. The molecule has 2 aliphatic rings. The largest absolute Gasteiger partial charge is 0.404 e. The van der Waals surface area contributed by atoms with Gasteiger partial charge in [0, 0.05) is 25.5 Å². The lowest BCUT2D eigenvalue weighted by Crippen LogP contribution is -2.49. The normalized spacial score (nSPS) is 29.9. The molecule has 0 saturated carbocycles. The number of carbonyl (C=O) groups is 1. The summed E-state index contributed by atoms with van der Waals surface area (Å²) in [4.78, 5) is 12.3. The molecule has 0 spiro atoms. The lowest BCUT2D eigenvalue weighted by Gasteiger charge is -2.32. The maximum atomic E-state index is 12.9. The molecule has 0 radical (unpaired) electrons. The molecule has 0 N–H and O–H groups in total. The molecule has 0 aromatic rings. The van der Waals surface area contributed by atoms with Crippen LogP contribution >= 0.6 is 0 Å². The summed E-state index contributed by atoms with van der Waals surface area (Å²) in [6, 6.07) is -1.51. The maximum absolute atomic E-state index is 12.9. The first-order valence-corrected chi connectivity index (χ1v) is 5.38. The van der Waals surface area contributed by atoms with Crippen molar-refractivity contribution in [3.8, 4) is 0 Å². The van der Waals surface area contributed by atoms with Crippen molar-refractivity contribution >= 4 is 5.78 Å². The van der Waals surface area contributed by atoms with Crippen LogP contribution in [0.4, 0.5) is 13.2 Å². The molecule has 0 aromatic carbocycles. The molecule has 2 saturated heterocycles. The molecule has 2 unspecified atom stereocenters. The Morgan fingerprint density at radius 2 is 2.19 bits per heavy atom. The number of hydrogen-bond acceptors (Lipinski definition) is 3. The molecule has 6 heteroatoms. The van der Waals surface area contributed by atoms with Gasteiger partial charge in [-0.15, -0.1) is 0 Å². The van der Waals surface area contributed by atoms with Crippen molar-refractivity contribution in [1.29, 1.82) is 0 Å². The second kappa shape index (κ2) is 4.33. The number of likely N-dealkylation sites (tertiary alicyclic amines) is 1. The minimum Gasteiger partial charge on any atom is -0.381 e. The molecule has 0 amide bonds. The minimum atomic E-state index is -4.27. The van der Waals surface area contributed by atoms with Crippen LogP contribution in [0.3, 0.4) is 0 Å². The van der Waals surface area contributed by atoms with Gasteiger partial charge in [-0.25, -0.2) is 0 Å². The van der Waals surface area contributed by atoms with E-state index in [-0.39, 0.29) is 31.9 Å². The van der Waals surface area contributed by atoms with Crippen LogP contribution in [0.15, 0.2) is 0 Å². The summed E-state index contributed by atoms with van der Waals surface area (Å²) in [5, 5.41) is 0. The number of rotatable bonds is 2. The van der Waals surface area contributed by atoms with Crippen LogP contribution in [-0.4, -0.2) is 49.2 Å². The van der Waals surface area contributed by atoms with E-state index in [1.54, 1.807) is 0 Å². The maximum Gasteiger partial charge on any atom is 0.404 e. The Morgan fingerprint density at radius 1 is 1.44 bits per heavy atom. The Labute approximate surface area is 91.5 Å². The molecule has 2 atom stereocenters. The zero-order valence-corrected chi connectivity index (χ0v) is 8.79. The van der Waals surface area contributed by atoms with Crippen molar-refractivity contribution in [2.75, 3.05) is 26.3 Å². The quantitative estimate of drug-likeness (QED) is 0.723. The standard InChI is InChI=1S/C10H14F3NO2/c11-10(12,13)9(7-2-4-16-6-7)14-3-1-8(15)5-14/h7,9H,1-6H2. The highest BCUT2D eigenvalue weighted by molar-refractivity contribution is 5.82. The van der Waals surface area contributed by atoms with Gasteiger partial charge in [-0.1, -0.05) is 0 Å². The van der Waals surface area contributed by atoms with Crippen LogP contribution in [0.1, 0.15) is 12.8 Å². The summed E-state index contributed by atoms with van der Waals surface area (Å²) < 4.78 is 43.8. The van der Waals surface area contributed by atoms with Crippen LogP contribution in [0.2, 0.25) is 0 Å². The molecule has 2 aliphatic heterocycles. The predicted octanol–water partition coefficient (Wildman–Crippen LogP) is 1.23. The van der Waals surface area contributed by atoms with Gasteiger partial charge in [0.2, 0.25) is 0 Å². The average molecular weight is 237 g/mol. The van der Waals surface area contributed by atoms with E-state index in [0.717, 1.165) is 0 Å². The van der Waals surface area contributed by atoms with Gasteiger partial charge in [-0.2, -0.15) is 13.2 Å². The number of nitrogens with zero attached hydrogens (tertiary/aromatic N) is 1. The first-order chi connectivity index (χ1) is 7.48. The Hall–Kier alpha value is -0.620. The van der Waals surface area contributed by atoms with Gasteiger partial charge in [0.05, 0.1) is 13.2 Å². The number of hydrogen-bond donors (Lipinski definition) is 0. The highest BCUT2D eigenvalue weighted by Crippen LogP contribution is 2.35.